The van der Waals surface area contributed by atoms with Gasteiger partial charge in [-0.2, -0.15) is 0 Å². The normalized spacial score (nSPS) is 18.3. The number of nitrogen functional groups attached to an aromatic ring is 1. The molecule has 2 heterocycles. The fourth-order valence-electron chi connectivity index (χ4n) is 3.08. The van der Waals surface area contributed by atoms with Gasteiger partial charge in [0.1, 0.15) is 5.75 Å². The van der Waals surface area contributed by atoms with Crippen LogP contribution in [0.2, 0.25) is 0 Å². The minimum absolute atomic E-state index is 0.0487. The van der Waals surface area contributed by atoms with Crippen molar-refractivity contribution in [1.82, 2.24) is 0 Å². The van der Waals surface area contributed by atoms with Crippen molar-refractivity contribution in [2.75, 3.05) is 24.0 Å². The van der Waals surface area contributed by atoms with Crippen molar-refractivity contribution in [2.24, 2.45) is 0 Å². The van der Waals surface area contributed by atoms with Gasteiger partial charge in [0.25, 0.3) is 5.91 Å². The molecule has 0 fully saturated rings. The SMILES string of the molecule is CCN1C(=O)C(Cc2ccc3c(c2)OCO3)Oc2cc(N)ccc21. The number of nitrogens with zero attached hydrogens (tertiary/aromatic N) is 1. The van der Waals surface area contributed by atoms with Gasteiger partial charge in [-0.25, -0.2) is 0 Å². The molecule has 2 aliphatic heterocycles. The number of hydrogen-bond donors (Lipinski definition) is 1. The van der Waals surface area contributed by atoms with Crippen LogP contribution < -0.4 is 24.8 Å². The highest BCUT2D eigenvalue weighted by atomic mass is 16.7. The van der Waals surface area contributed by atoms with Crippen molar-refractivity contribution in [1.29, 1.82) is 0 Å². The van der Waals surface area contributed by atoms with Gasteiger partial charge in [-0.05, 0) is 36.8 Å². The summed E-state index contributed by atoms with van der Waals surface area (Å²) < 4.78 is 16.6. The molecule has 0 bridgehead atoms. The number of benzene rings is 2. The van der Waals surface area contributed by atoms with Gasteiger partial charge in [0.15, 0.2) is 17.6 Å². The number of hydrogen-bond acceptors (Lipinski definition) is 5. The number of likely N-dealkylation sites (N-methyl/N-ethyl adjacent to an activating group) is 1. The summed E-state index contributed by atoms with van der Waals surface area (Å²) in [5, 5.41) is 0. The fourth-order valence-corrected chi connectivity index (χ4v) is 3.08. The Morgan fingerprint density at radius 2 is 1.96 bits per heavy atom. The molecule has 1 unspecified atom stereocenters. The molecule has 0 saturated heterocycles. The summed E-state index contributed by atoms with van der Waals surface area (Å²) in [6.45, 7) is 2.76. The lowest BCUT2D eigenvalue weighted by molar-refractivity contribution is -0.126. The van der Waals surface area contributed by atoms with Crippen LogP contribution in [0.15, 0.2) is 36.4 Å². The summed E-state index contributed by atoms with van der Waals surface area (Å²) in [5.74, 6) is 2.02. The maximum atomic E-state index is 12.8. The van der Waals surface area contributed by atoms with E-state index in [4.69, 9.17) is 19.9 Å². The predicted octanol–water partition coefficient (Wildman–Crippen LogP) is 2.35. The second-order valence-electron chi connectivity index (χ2n) is 5.81. The molecule has 0 saturated carbocycles. The summed E-state index contributed by atoms with van der Waals surface area (Å²) in [5.41, 5.74) is 8.18. The predicted molar refractivity (Wildman–Crippen MR) is 89.6 cm³/mol. The molecule has 0 spiro atoms. The molecule has 0 aromatic heterocycles. The molecule has 2 N–H and O–H groups in total. The number of carbonyl (C=O) groups excluding carboxylic acids is 1. The smallest absolute Gasteiger partial charge is 0.268 e. The number of ether oxygens (including phenoxy) is 3. The molecule has 0 aliphatic carbocycles. The van der Waals surface area contributed by atoms with Crippen molar-refractivity contribution in [3.63, 3.8) is 0 Å². The Balaban J connectivity index is 1.62. The van der Waals surface area contributed by atoms with E-state index >= 15 is 0 Å². The lowest BCUT2D eigenvalue weighted by Crippen LogP contribution is -2.46. The molecule has 2 aliphatic rings. The molecule has 6 nitrogen and oxygen atoms in total. The second kappa shape index (κ2) is 5.63. The Bertz CT molecular complexity index is 806. The highest BCUT2D eigenvalue weighted by Gasteiger charge is 2.34. The van der Waals surface area contributed by atoms with E-state index < -0.39 is 6.10 Å². The molecule has 4 rings (SSSR count). The van der Waals surface area contributed by atoms with Crippen LogP contribution in [0.3, 0.4) is 0 Å². The molecule has 2 aromatic rings. The number of rotatable bonds is 3. The van der Waals surface area contributed by atoms with Crippen LogP contribution in [0.1, 0.15) is 12.5 Å². The number of anilines is 2. The van der Waals surface area contributed by atoms with Crippen molar-refractivity contribution in [3.8, 4) is 17.2 Å². The minimum atomic E-state index is -0.584. The molecular formula is C18H18N2O4. The summed E-state index contributed by atoms with van der Waals surface area (Å²) in [7, 11) is 0. The second-order valence-corrected chi connectivity index (χ2v) is 5.81. The van der Waals surface area contributed by atoms with Crippen molar-refractivity contribution < 1.29 is 19.0 Å². The van der Waals surface area contributed by atoms with Crippen molar-refractivity contribution in [2.45, 2.75) is 19.4 Å². The van der Waals surface area contributed by atoms with Gasteiger partial charge in [-0.1, -0.05) is 6.07 Å². The van der Waals surface area contributed by atoms with E-state index in [0.29, 0.717) is 30.2 Å². The summed E-state index contributed by atoms with van der Waals surface area (Å²) in [4.78, 5) is 14.5. The number of amides is 1. The van der Waals surface area contributed by atoms with Gasteiger partial charge in [-0.15, -0.1) is 0 Å². The quantitative estimate of drug-likeness (QED) is 0.877. The topological polar surface area (TPSA) is 74.0 Å². The number of nitrogens with two attached hydrogens (primary N) is 1. The van der Waals surface area contributed by atoms with Crippen LogP contribution in [-0.2, 0) is 11.2 Å². The molecule has 0 radical (unpaired) electrons. The van der Waals surface area contributed by atoms with Crippen LogP contribution in [0.5, 0.6) is 17.2 Å². The third-order valence-electron chi connectivity index (χ3n) is 4.26. The van der Waals surface area contributed by atoms with E-state index in [-0.39, 0.29) is 12.7 Å². The standard InChI is InChI=1S/C18H18N2O4/c1-2-20-13-5-4-12(19)9-15(13)24-17(18(20)21)8-11-3-6-14-16(7-11)23-10-22-14/h3-7,9,17H,2,8,10,19H2,1H3. The van der Waals surface area contributed by atoms with E-state index in [1.807, 2.05) is 31.2 Å². The zero-order chi connectivity index (χ0) is 16.7. The first-order chi connectivity index (χ1) is 11.7. The van der Waals surface area contributed by atoms with Gasteiger partial charge in [0.2, 0.25) is 6.79 Å². The van der Waals surface area contributed by atoms with Gasteiger partial charge in [0.05, 0.1) is 5.69 Å². The molecule has 1 amide bonds. The first kappa shape index (κ1) is 14.7. The minimum Gasteiger partial charge on any atom is -0.478 e. The number of carbonyl (C=O) groups is 1. The first-order valence-corrected chi connectivity index (χ1v) is 7.92. The van der Waals surface area contributed by atoms with Crippen LogP contribution in [0, 0.1) is 0 Å². The van der Waals surface area contributed by atoms with E-state index in [2.05, 4.69) is 0 Å². The van der Waals surface area contributed by atoms with E-state index in [9.17, 15) is 4.79 Å². The van der Waals surface area contributed by atoms with E-state index in [0.717, 1.165) is 17.0 Å². The Labute approximate surface area is 139 Å². The zero-order valence-electron chi connectivity index (χ0n) is 13.3. The highest BCUT2D eigenvalue weighted by molar-refractivity contribution is 6.00. The fraction of sp³-hybridized carbons (Fsp3) is 0.278. The Hall–Kier alpha value is -2.89. The average molecular weight is 326 g/mol. The van der Waals surface area contributed by atoms with Gasteiger partial charge < -0.3 is 24.8 Å². The van der Waals surface area contributed by atoms with Gasteiger partial charge in [0, 0.05) is 24.7 Å². The Kier molecular flexibility index (Phi) is 3.45. The van der Waals surface area contributed by atoms with Crippen LogP contribution in [-0.4, -0.2) is 25.3 Å². The largest absolute Gasteiger partial charge is 0.478 e. The molecule has 124 valence electrons. The van der Waals surface area contributed by atoms with E-state index in [1.165, 1.54) is 0 Å². The molecule has 24 heavy (non-hydrogen) atoms. The van der Waals surface area contributed by atoms with Crippen molar-refractivity contribution in [3.05, 3.63) is 42.0 Å². The lowest BCUT2D eigenvalue weighted by atomic mass is 10.0. The molecule has 6 heteroatoms. The highest BCUT2D eigenvalue weighted by Crippen LogP contribution is 2.37. The average Bonchev–Trinajstić information content (AvgIpc) is 3.03. The molecule has 1 atom stereocenters. The maximum Gasteiger partial charge on any atom is 0.268 e. The van der Waals surface area contributed by atoms with Crippen LogP contribution in [0.25, 0.3) is 0 Å². The van der Waals surface area contributed by atoms with Crippen molar-refractivity contribution >= 4 is 17.3 Å². The zero-order valence-corrected chi connectivity index (χ0v) is 13.3. The monoisotopic (exact) mass is 326 g/mol. The first-order valence-electron chi connectivity index (χ1n) is 7.92. The summed E-state index contributed by atoms with van der Waals surface area (Å²) in [6, 6.07) is 11.0. The maximum absolute atomic E-state index is 12.8. The van der Waals surface area contributed by atoms with Crippen LogP contribution in [0.4, 0.5) is 11.4 Å². The Morgan fingerprint density at radius 3 is 2.79 bits per heavy atom. The van der Waals surface area contributed by atoms with Gasteiger partial charge in [-0.3, -0.25) is 4.79 Å². The Morgan fingerprint density at radius 1 is 1.12 bits per heavy atom. The molecular weight excluding hydrogens is 308 g/mol. The third-order valence-corrected chi connectivity index (χ3v) is 4.26. The van der Waals surface area contributed by atoms with E-state index in [1.54, 1.807) is 17.0 Å². The summed E-state index contributed by atoms with van der Waals surface area (Å²) >= 11 is 0. The molecule has 2 aromatic carbocycles. The van der Waals surface area contributed by atoms with Crippen LogP contribution >= 0.6 is 0 Å². The summed E-state index contributed by atoms with van der Waals surface area (Å²) in [6.07, 6.45) is -0.125. The lowest BCUT2D eigenvalue weighted by Gasteiger charge is -2.34. The third kappa shape index (κ3) is 2.40. The number of fused-ring (bicyclic) bond motifs is 2. The van der Waals surface area contributed by atoms with Gasteiger partial charge >= 0.3 is 0 Å².